The number of hydrogen-bond donors (Lipinski definition) is 1. The van der Waals surface area contributed by atoms with Crippen LogP contribution in [0.25, 0.3) is 10.9 Å². The molecule has 0 spiro atoms. The number of para-hydroxylation sites is 1. The minimum absolute atomic E-state index is 0.676. The molecule has 1 aliphatic rings. The van der Waals surface area contributed by atoms with Crippen LogP contribution in [0.1, 0.15) is 26.0 Å². The van der Waals surface area contributed by atoms with E-state index >= 15 is 0 Å². The predicted molar refractivity (Wildman–Crippen MR) is 87.2 cm³/mol. The summed E-state index contributed by atoms with van der Waals surface area (Å²) in [6.45, 7) is 9.00. The quantitative estimate of drug-likeness (QED) is 0.916. The van der Waals surface area contributed by atoms with Crippen molar-refractivity contribution in [2.75, 3.05) is 19.6 Å². The van der Waals surface area contributed by atoms with Gasteiger partial charge in [-0.25, -0.2) is 0 Å². The molecule has 0 saturated carbocycles. The molecule has 1 aliphatic heterocycles. The zero-order valence-electron chi connectivity index (χ0n) is 13.3. The molecule has 1 N–H and O–H groups in total. The first-order valence-corrected chi connectivity index (χ1v) is 8.00. The molecule has 2 aromatic rings. The Morgan fingerprint density at radius 3 is 2.90 bits per heavy atom. The molecule has 0 bridgehead atoms. The number of nitrogens with one attached hydrogen (secondary N) is 1. The van der Waals surface area contributed by atoms with Crippen LogP contribution in [0.4, 0.5) is 0 Å². The highest BCUT2D eigenvalue weighted by atomic mass is 15.3. The zero-order valence-corrected chi connectivity index (χ0v) is 13.3. The maximum Gasteiger partial charge on any atom is 0.0841 e. The van der Waals surface area contributed by atoms with Crippen LogP contribution < -0.4 is 5.32 Å². The summed E-state index contributed by atoms with van der Waals surface area (Å²) in [7, 11) is 2.02. The lowest BCUT2D eigenvalue weighted by atomic mass is 10.1. The van der Waals surface area contributed by atoms with Crippen molar-refractivity contribution < 1.29 is 0 Å². The van der Waals surface area contributed by atoms with E-state index in [4.69, 9.17) is 0 Å². The summed E-state index contributed by atoms with van der Waals surface area (Å²) < 4.78 is 1.97. The molecule has 114 valence electrons. The average Bonchev–Trinajstić information content (AvgIpc) is 3.06. The number of likely N-dealkylation sites (tertiary alicyclic amines) is 1. The molecular formula is C17H26N4. The van der Waals surface area contributed by atoms with Gasteiger partial charge in [0, 0.05) is 31.6 Å². The Labute approximate surface area is 127 Å². The van der Waals surface area contributed by atoms with Crippen molar-refractivity contribution in [2.24, 2.45) is 13.0 Å². The summed E-state index contributed by atoms with van der Waals surface area (Å²) in [5.74, 6) is 0.780. The van der Waals surface area contributed by atoms with Crippen molar-refractivity contribution in [1.82, 2.24) is 20.0 Å². The highest BCUT2D eigenvalue weighted by Gasteiger charge is 2.23. The first-order valence-electron chi connectivity index (χ1n) is 8.00. The van der Waals surface area contributed by atoms with Crippen molar-refractivity contribution >= 4 is 10.9 Å². The summed E-state index contributed by atoms with van der Waals surface area (Å²) in [5, 5.41) is 9.51. The van der Waals surface area contributed by atoms with Crippen molar-refractivity contribution in [3.63, 3.8) is 0 Å². The normalized spacial score (nSPS) is 19.9. The molecule has 2 heterocycles. The van der Waals surface area contributed by atoms with Gasteiger partial charge in [0.2, 0.25) is 0 Å². The highest BCUT2D eigenvalue weighted by molar-refractivity contribution is 5.81. The van der Waals surface area contributed by atoms with Gasteiger partial charge in [0.25, 0.3) is 0 Å². The second kappa shape index (κ2) is 6.16. The smallest absolute Gasteiger partial charge is 0.0841 e. The fraction of sp³-hybridized carbons (Fsp3) is 0.588. The lowest BCUT2D eigenvalue weighted by Gasteiger charge is -2.20. The summed E-state index contributed by atoms with van der Waals surface area (Å²) in [4.78, 5) is 2.57. The van der Waals surface area contributed by atoms with E-state index in [0.29, 0.717) is 6.04 Å². The van der Waals surface area contributed by atoms with Gasteiger partial charge in [-0.2, -0.15) is 5.10 Å². The van der Waals surface area contributed by atoms with Gasteiger partial charge in [0.1, 0.15) is 0 Å². The number of benzene rings is 1. The summed E-state index contributed by atoms with van der Waals surface area (Å²) in [6.07, 6.45) is 1.31. The van der Waals surface area contributed by atoms with E-state index in [1.54, 1.807) is 0 Å². The second-order valence-corrected chi connectivity index (χ2v) is 6.46. The topological polar surface area (TPSA) is 33.1 Å². The van der Waals surface area contributed by atoms with Crippen LogP contribution in [0, 0.1) is 5.92 Å². The number of aryl methyl sites for hydroxylation is 1. The first kappa shape index (κ1) is 14.5. The van der Waals surface area contributed by atoms with Gasteiger partial charge in [-0.3, -0.25) is 4.68 Å². The number of hydrogen-bond acceptors (Lipinski definition) is 3. The standard InChI is InChI=1S/C17H26N4/c1-13(2)21-9-8-14(12-21)10-18-11-16-15-6-4-5-7-17(15)20(3)19-16/h4-7,13-14,18H,8-12H2,1-3H3. The van der Waals surface area contributed by atoms with Crippen LogP contribution in [-0.2, 0) is 13.6 Å². The first-order chi connectivity index (χ1) is 10.1. The van der Waals surface area contributed by atoms with Gasteiger partial charge in [-0.05, 0) is 45.3 Å². The van der Waals surface area contributed by atoms with Crippen molar-refractivity contribution in [3.8, 4) is 0 Å². The largest absolute Gasteiger partial charge is 0.311 e. The van der Waals surface area contributed by atoms with E-state index in [-0.39, 0.29) is 0 Å². The molecule has 1 fully saturated rings. The minimum atomic E-state index is 0.676. The maximum absolute atomic E-state index is 4.64. The van der Waals surface area contributed by atoms with E-state index in [2.05, 4.69) is 53.4 Å². The maximum atomic E-state index is 4.64. The Morgan fingerprint density at radius 2 is 2.14 bits per heavy atom. The second-order valence-electron chi connectivity index (χ2n) is 6.46. The van der Waals surface area contributed by atoms with Crippen LogP contribution in [-0.4, -0.2) is 40.4 Å². The predicted octanol–water partition coefficient (Wildman–Crippen LogP) is 2.39. The lowest BCUT2D eigenvalue weighted by molar-refractivity contribution is 0.264. The van der Waals surface area contributed by atoms with Crippen LogP contribution in [0.5, 0.6) is 0 Å². The molecule has 4 nitrogen and oxygen atoms in total. The molecule has 1 unspecified atom stereocenters. The third-order valence-corrected chi connectivity index (χ3v) is 4.61. The van der Waals surface area contributed by atoms with Gasteiger partial charge in [-0.1, -0.05) is 18.2 Å². The van der Waals surface area contributed by atoms with E-state index in [1.807, 2.05) is 11.7 Å². The van der Waals surface area contributed by atoms with Crippen molar-refractivity contribution in [1.29, 1.82) is 0 Å². The number of nitrogens with zero attached hydrogens (tertiary/aromatic N) is 3. The SMILES string of the molecule is CC(C)N1CCC(CNCc2nn(C)c3ccccc23)C1. The van der Waals surface area contributed by atoms with Gasteiger partial charge in [0.05, 0.1) is 11.2 Å². The Balaban J connectivity index is 1.56. The molecule has 0 amide bonds. The average molecular weight is 286 g/mol. The van der Waals surface area contributed by atoms with Gasteiger partial charge >= 0.3 is 0 Å². The van der Waals surface area contributed by atoms with E-state index in [1.165, 1.54) is 30.4 Å². The summed E-state index contributed by atoms with van der Waals surface area (Å²) in [6, 6.07) is 9.12. The monoisotopic (exact) mass is 286 g/mol. The Kier molecular flexibility index (Phi) is 4.27. The summed E-state index contributed by atoms with van der Waals surface area (Å²) in [5.41, 5.74) is 2.37. The number of fused-ring (bicyclic) bond motifs is 1. The molecule has 1 saturated heterocycles. The highest BCUT2D eigenvalue weighted by Crippen LogP contribution is 2.19. The van der Waals surface area contributed by atoms with Crippen LogP contribution in [0.15, 0.2) is 24.3 Å². The zero-order chi connectivity index (χ0) is 14.8. The van der Waals surface area contributed by atoms with Crippen LogP contribution in [0.3, 0.4) is 0 Å². The third kappa shape index (κ3) is 3.11. The fourth-order valence-electron chi connectivity index (χ4n) is 3.31. The molecule has 1 aromatic heterocycles. The Bertz CT molecular complexity index is 602. The van der Waals surface area contributed by atoms with E-state index in [0.717, 1.165) is 24.7 Å². The van der Waals surface area contributed by atoms with Crippen LogP contribution in [0.2, 0.25) is 0 Å². The fourth-order valence-corrected chi connectivity index (χ4v) is 3.31. The molecular weight excluding hydrogens is 260 g/mol. The molecule has 1 atom stereocenters. The Morgan fingerprint density at radius 1 is 1.33 bits per heavy atom. The van der Waals surface area contributed by atoms with E-state index < -0.39 is 0 Å². The van der Waals surface area contributed by atoms with Crippen LogP contribution >= 0.6 is 0 Å². The number of rotatable bonds is 5. The van der Waals surface area contributed by atoms with Gasteiger partial charge in [-0.15, -0.1) is 0 Å². The lowest BCUT2D eigenvalue weighted by Crippen LogP contribution is -2.30. The molecule has 0 aliphatic carbocycles. The van der Waals surface area contributed by atoms with Crippen molar-refractivity contribution in [2.45, 2.75) is 32.9 Å². The summed E-state index contributed by atoms with van der Waals surface area (Å²) >= 11 is 0. The molecule has 0 radical (unpaired) electrons. The van der Waals surface area contributed by atoms with Gasteiger partial charge in [0.15, 0.2) is 0 Å². The van der Waals surface area contributed by atoms with Gasteiger partial charge < -0.3 is 10.2 Å². The Hall–Kier alpha value is -1.39. The number of aromatic nitrogens is 2. The minimum Gasteiger partial charge on any atom is -0.311 e. The molecule has 3 rings (SSSR count). The molecule has 4 heteroatoms. The van der Waals surface area contributed by atoms with Crippen molar-refractivity contribution in [3.05, 3.63) is 30.0 Å². The third-order valence-electron chi connectivity index (χ3n) is 4.61. The molecule has 1 aromatic carbocycles. The van der Waals surface area contributed by atoms with E-state index in [9.17, 15) is 0 Å². The molecule has 21 heavy (non-hydrogen) atoms.